The third kappa shape index (κ3) is 3.97. The summed E-state index contributed by atoms with van der Waals surface area (Å²) in [6, 6.07) is 3.43. The van der Waals surface area contributed by atoms with Gasteiger partial charge in [0.1, 0.15) is 0 Å². The summed E-state index contributed by atoms with van der Waals surface area (Å²) >= 11 is 0. The van der Waals surface area contributed by atoms with Gasteiger partial charge in [-0.2, -0.15) is 5.10 Å². The molecule has 0 fully saturated rings. The maximum Gasteiger partial charge on any atom is 0.319 e. The van der Waals surface area contributed by atoms with Crippen molar-refractivity contribution in [3.8, 4) is 11.3 Å². The van der Waals surface area contributed by atoms with Crippen LogP contribution in [0.5, 0.6) is 0 Å². The fraction of sp³-hybridized carbons (Fsp3) is 0.353. The van der Waals surface area contributed by atoms with Gasteiger partial charge in [-0.3, -0.25) is 9.67 Å². The van der Waals surface area contributed by atoms with Gasteiger partial charge in [-0.1, -0.05) is 11.6 Å². The van der Waals surface area contributed by atoms with Gasteiger partial charge in [-0.25, -0.2) is 4.79 Å². The van der Waals surface area contributed by atoms with Crippen LogP contribution in [0.1, 0.15) is 25.7 Å². The number of aromatic nitrogens is 3. The van der Waals surface area contributed by atoms with Gasteiger partial charge >= 0.3 is 6.03 Å². The third-order valence-corrected chi connectivity index (χ3v) is 3.90. The Kier molecular flexibility index (Phi) is 4.71. The summed E-state index contributed by atoms with van der Waals surface area (Å²) in [6.45, 7) is 0.605. The second-order valence-electron chi connectivity index (χ2n) is 5.72. The first-order valence-electron chi connectivity index (χ1n) is 7.89. The van der Waals surface area contributed by atoms with Crippen molar-refractivity contribution >= 4 is 11.7 Å². The zero-order valence-corrected chi connectivity index (χ0v) is 13.2. The number of anilines is 1. The number of hydrogen-bond donors (Lipinski definition) is 2. The van der Waals surface area contributed by atoms with Gasteiger partial charge in [0.25, 0.3) is 0 Å². The van der Waals surface area contributed by atoms with Crippen LogP contribution >= 0.6 is 0 Å². The molecule has 6 heteroatoms. The van der Waals surface area contributed by atoms with Crippen LogP contribution in [-0.2, 0) is 7.05 Å². The van der Waals surface area contributed by atoms with Crippen molar-refractivity contribution in [3.63, 3.8) is 0 Å². The summed E-state index contributed by atoms with van der Waals surface area (Å²) in [5.74, 6) is 0. The Labute approximate surface area is 135 Å². The summed E-state index contributed by atoms with van der Waals surface area (Å²) in [4.78, 5) is 16.5. The van der Waals surface area contributed by atoms with Crippen molar-refractivity contribution in [2.45, 2.75) is 25.7 Å². The Balaban J connectivity index is 1.65. The molecular formula is C17H21N5O. The maximum atomic E-state index is 12.1. The Bertz CT molecular complexity index is 719. The molecule has 1 aliphatic rings. The van der Waals surface area contributed by atoms with Crippen molar-refractivity contribution in [1.82, 2.24) is 20.1 Å². The fourth-order valence-electron chi connectivity index (χ4n) is 2.71. The van der Waals surface area contributed by atoms with Crippen LogP contribution in [0.15, 0.2) is 42.4 Å². The lowest BCUT2D eigenvalue weighted by atomic mass is 10.00. The molecule has 0 bridgehead atoms. The molecule has 0 radical (unpaired) electrons. The first-order chi connectivity index (χ1) is 11.2. The van der Waals surface area contributed by atoms with Gasteiger partial charge in [0.05, 0.1) is 17.6 Å². The molecule has 2 heterocycles. The number of hydrogen-bond acceptors (Lipinski definition) is 3. The molecule has 120 valence electrons. The molecule has 2 N–H and O–H groups in total. The van der Waals surface area contributed by atoms with E-state index in [4.69, 9.17) is 0 Å². The Hall–Kier alpha value is -2.63. The van der Waals surface area contributed by atoms with Gasteiger partial charge in [-0.05, 0) is 37.8 Å². The SMILES string of the molecule is Cn1cc(-c2ncccc2NC(=O)NCC2=CCCCC2)cn1. The van der Waals surface area contributed by atoms with Crippen molar-refractivity contribution < 1.29 is 4.79 Å². The largest absolute Gasteiger partial charge is 0.334 e. The van der Waals surface area contributed by atoms with Crippen molar-refractivity contribution in [2.24, 2.45) is 7.05 Å². The first-order valence-corrected chi connectivity index (χ1v) is 7.89. The lowest BCUT2D eigenvalue weighted by molar-refractivity contribution is 0.252. The number of carbonyl (C=O) groups excluding carboxylic acids is 1. The molecule has 0 unspecified atom stereocenters. The summed E-state index contributed by atoms with van der Waals surface area (Å²) < 4.78 is 1.71. The summed E-state index contributed by atoms with van der Waals surface area (Å²) in [7, 11) is 1.85. The summed E-state index contributed by atoms with van der Waals surface area (Å²) in [6.07, 6.45) is 12.2. The minimum absolute atomic E-state index is 0.213. The first kappa shape index (κ1) is 15.3. The predicted octanol–water partition coefficient (Wildman–Crippen LogP) is 3.10. The van der Waals surface area contributed by atoms with E-state index in [0.29, 0.717) is 17.9 Å². The smallest absolute Gasteiger partial charge is 0.319 e. The number of allylic oxidation sites excluding steroid dienone is 1. The van der Waals surface area contributed by atoms with Crippen LogP contribution in [-0.4, -0.2) is 27.3 Å². The number of nitrogens with zero attached hydrogens (tertiary/aromatic N) is 3. The fourth-order valence-corrected chi connectivity index (χ4v) is 2.71. The van der Waals surface area contributed by atoms with E-state index in [-0.39, 0.29) is 6.03 Å². The normalized spacial score (nSPS) is 14.2. The number of pyridine rings is 1. The number of rotatable bonds is 4. The van der Waals surface area contributed by atoms with Gasteiger partial charge in [0, 0.05) is 31.5 Å². The summed E-state index contributed by atoms with van der Waals surface area (Å²) in [5, 5.41) is 9.95. The van der Waals surface area contributed by atoms with E-state index in [1.807, 2.05) is 19.3 Å². The van der Waals surface area contributed by atoms with E-state index in [9.17, 15) is 4.79 Å². The van der Waals surface area contributed by atoms with Crippen molar-refractivity contribution in [1.29, 1.82) is 0 Å². The highest BCUT2D eigenvalue weighted by Gasteiger charge is 2.11. The second kappa shape index (κ2) is 7.09. The average molecular weight is 311 g/mol. The van der Waals surface area contributed by atoms with Gasteiger partial charge in [0.2, 0.25) is 0 Å². The molecule has 0 aliphatic heterocycles. The van der Waals surface area contributed by atoms with E-state index in [2.05, 4.69) is 26.8 Å². The van der Waals surface area contributed by atoms with Crippen molar-refractivity contribution in [3.05, 3.63) is 42.4 Å². The quantitative estimate of drug-likeness (QED) is 0.852. The molecule has 2 aromatic heterocycles. The second-order valence-corrected chi connectivity index (χ2v) is 5.72. The number of urea groups is 1. The number of carbonyl (C=O) groups is 1. The van der Waals surface area contributed by atoms with Gasteiger partial charge < -0.3 is 10.6 Å². The summed E-state index contributed by atoms with van der Waals surface area (Å²) in [5.41, 5.74) is 3.58. The molecule has 0 atom stereocenters. The zero-order chi connectivity index (χ0) is 16.1. The Morgan fingerprint density at radius 3 is 3.04 bits per heavy atom. The molecule has 0 aromatic carbocycles. The molecule has 3 rings (SSSR count). The number of amides is 2. The number of aryl methyl sites for hydroxylation is 1. The van der Waals surface area contributed by atoms with E-state index in [1.165, 1.54) is 18.4 Å². The molecule has 0 saturated heterocycles. The van der Waals surface area contributed by atoms with Crippen LogP contribution in [0.4, 0.5) is 10.5 Å². The molecule has 0 spiro atoms. The Morgan fingerprint density at radius 2 is 2.30 bits per heavy atom. The highest BCUT2D eigenvalue weighted by Crippen LogP contribution is 2.24. The third-order valence-electron chi connectivity index (χ3n) is 3.90. The van der Waals surface area contributed by atoms with E-state index < -0.39 is 0 Å². The van der Waals surface area contributed by atoms with Crippen LogP contribution in [0.2, 0.25) is 0 Å². The van der Waals surface area contributed by atoms with E-state index in [0.717, 1.165) is 18.4 Å². The topological polar surface area (TPSA) is 71.8 Å². The predicted molar refractivity (Wildman–Crippen MR) is 90.0 cm³/mol. The van der Waals surface area contributed by atoms with Crippen LogP contribution < -0.4 is 10.6 Å². The van der Waals surface area contributed by atoms with Gasteiger partial charge in [-0.15, -0.1) is 0 Å². The number of nitrogens with one attached hydrogen (secondary N) is 2. The monoisotopic (exact) mass is 311 g/mol. The van der Waals surface area contributed by atoms with Crippen LogP contribution in [0, 0.1) is 0 Å². The molecule has 1 aliphatic carbocycles. The standard InChI is InChI=1S/C17H21N5O/c1-22-12-14(11-20-22)16-15(8-5-9-18-16)21-17(23)19-10-13-6-3-2-4-7-13/h5-6,8-9,11-12H,2-4,7,10H2,1H3,(H2,19,21,23). The molecule has 2 amide bonds. The highest BCUT2D eigenvalue weighted by molar-refractivity contribution is 5.93. The molecule has 6 nitrogen and oxygen atoms in total. The van der Waals surface area contributed by atoms with Crippen LogP contribution in [0.25, 0.3) is 11.3 Å². The average Bonchev–Trinajstić information content (AvgIpc) is 3.01. The van der Waals surface area contributed by atoms with E-state index in [1.54, 1.807) is 23.1 Å². The zero-order valence-electron chi connectivity index (χ0n) is 13.2. The van der Waals surface area contributed by atoms with Gasteiger partial charge in [0.15, 0.2) is 0 Å². The molecule has 0 saturated carbocycles. The molecular weight excluding hydrogens is 290 g/mol. The minimum atomic E-state index is -0.213. The van der Waals surface area contributed by atoms with Crippen LogP contribution in [0.3, 0.4) is 0 Å². The van der Waals surface area contributed by atoms with Crippen molar-refractivity contribution in [2.75, 3.05) is 11.9 Å². The molecule has 23 heavy (non-hydrogen) atoms. The lowest BCUT2D eigenvalue weighted by Crippen LogP contribution is -2.30. The minimum Gasteiger partial charge on any atom is -0.334 e. The lowest BCUT2D eigenvalue weighted by Gasteiger charge is -2.14. The van der Waals surface area contributed by atoms with E-state index >= 15 is 0 Å². The molecule has 2 aromatic rings. The Morgan fingerprint density at radius 1 is 1.39 bits per heavy atom. The maximum absolute atomic E-state index is 12.1. The highest BCUT2D eigenvalue weighted by atomic mass is 16.2.